The number of hydrogen-bond donors (Lipinski definition) is 1. The van der Waals surface area contributed by atoms with Gasteiger partial charge in [-0.15, -0.1) is 11.8 Å². The van der Waals surface area contributed by atoms with Crippen LogP contribution in [-0.2, 0) is 9.53 Å². The van der Waals surface area contributed by atoms with Crippen molar-refractivity contribution in [3.05, 3.63) is 42.0 Å². The lowest BCUT2D eigenvalue weighted by Gasteiger charge is -2.19. The molecule has 1 aromatic rings. The Morgan fingerprint density at radius 2 is 1.90 bits per heavy atom. The van der Waals surface area contributed by atoms with Crippen LogP contribution in [0, 0.1) is 0 Å². The first kappa shape index (κ1) is 14.9. The van der Waals surface area contributed by atoms with Crippen molar-refractivity contribution in [2.45, 2.75) is 29.0 Å². The molecule has 1 aliphatic rings. The number of ether oxygens (including phenoxy) is 1. The summed E-state index contributed by atoms with van der Waals surface area (Å²) >= 11 is 0.492. The summed E-state index contributed by atoms with van der Waals surface area (Å²) in [4.78, 5) is 11.9. The summed E-state index contributed by atoms with van der Waals surface area (Å²) in [5, 5.41) is 7.44. The molecule has 2 unspecified atom stereocenters. The number of thioether (sulfide) groups is 1. The predicted octanol–water partition coefficient (Wildman–Crippen LogP) is 2.90. The van der Waals surface area contributed by atoms with E-state index in [0.717, 1.165) is 13.0 Å². The van der Waals surface area contributed by atoms with Gasteiger partial charge in [0.2, 0.25) is 5.79 Å². The second kappa shape index (κ2) is 5.14. The molecule has 0 bridgehead atoms. The maximum absolute atomic E-state index is 13.1. The molecule has 0 spiro atoms. The summed E-state index contributed by atoms with van der Waals surface area (Å²) in [6.07, 6.45) is -3.82. The lowest BCUT2D eigenvalue weighted by atomic mass is 10.1. The molecule has 0 saturated heterocycles. The van der Waals surface area contributed by atoms with Crippen molar-refractivity contribution in [3.63, 3.8) is 0 Å². The second-order valence-corrected chi connectivity index (χ2v) is 5.57. The van der Waals surface area contributed by atoms with Crippen LogP contribution in [-0.4, -0.2) is 28.3 Å². The van der Waals surface area contributed by atoms with Crippen molar-refractivity contribution in [3.8, 4) is 0 Å². The van der Waals surface area contributed by atoms with Crippen LogP contribution in [0.15, 0.2) is 46.9 Å². The van der Waals surface area contributed by atoms with Gasteiger partial charge in [-0.05, 0) is 18.2 Å². The monoisotopic (exact) mass is 304 g/mol. The molecule has 3 nitrogen and oxygen atoms in total. The van der Waals surface area contributed by atoms with E-state index < -0.39 is 28.8 Å². The van der Waals surface area contributed by atoms with Crippen molar-refractivity contribution in [2.75, 3.05) is 0 Å². The fraction of sp³-hybridized carbons (Fsp3) is 0.308. The van der Waals surface area contributed by atoms with E-state index in [0.29, 0.717) is 16.7 Å². The van der Waals surface area contributed by atoms with E-state index in [-0.39, 0.29) is 0 Å². The molecule has 20 heavy (non-hydrogen) atoms. The van der Waals surface area contributed by atoms with Gasteiger partial charge in [0.1, 0.15) is 5.25 Å². The van der Waals surface area contributed by atoms with E-state index in [1.807, 2.05) is 0 Å². The van der Waals surface area contributed by atoms with Gasteiger partial charge in [-0.25, -0.2) is 4.79 Å². The summed E-state index contributed by atoms with van der Waals surface area (Å²) in [5.41, 5.74) is -0.587. The van der Waals surface area contributed by atoms with E-state index >= 15 is 0 Å². The fourth-order valence-electron chi connectivity index (χ4n) is 1.75. The number of halogens is 3. The molecule has 1 heterocycles. The molecule has 0 aromatic heterocycles. The topological polar surface area (TPSA) is 46.5 Å². The molecule has 1 aromatic carbocycles. The van der Waals surface area contributed by atoms with Crippen molar-refractivity contribution >= 4 is 17.7 Å². The molecule has 7 heteroatoms. The van der Waals surface area contributed by atoms with Crippen LogP contribution in [0.5, 0.6) is 0 Å². The molecular weight excluding hydrogens is 293 g/mol. The first-order valence-electron chi connectivity index (χ1n) is 5.66. The molecular formula is C13H11F3O3S. The van der Waals surface area contributed by atoms with Gasteiger partial charge in [-0.2, -0.15) is 13.2 Å². The molecule has 0 saturated carbocycles. The van der Waals surface area contributed by atoms with Gasteiger partial charge < -0.3 is 9.84 Å². The largest absolute Gasteiger partial charge is 0.426 e. The van der Waals surface area contributed by atoms with Crippen molar-refractivity contribution in [1.29, 1.82) is 0 Å². The number of benzene rings is 1. The minimum Gasteiger partial charge on any atom is -0.426 e. The molecule has 0 radical (unpaired) electrons. The minimum absolute atomic E-state index is 0.370. The van der Waals surface area contributed by atoms with Crippen LogP contribution >= 0.6 is 11.8 Å². The Bertz CT molecular complexity index is 538. The third kappa shape index (κ3) is 3.34. The van der Waals surface area contributed by atoms with Gasteiger partial charge >= 0.3 is 12.1 Å². The SMILES string of the molecule is CC1(O)C=C(C(Sc2ccccc2)C(F)(F)F)C(=O)O1. The van der Waals surface area contributed by atoms with Crippen LogP contribution < -0.4 is 0 Å². The third-order valence-electron chi connectivity index (χ3n) is 2.54. The first-order valence-corrected chi connectivity index (χ1v) is 6.54. The Morgan fingerprint density at radius 1 is 1.30 bits per heavy atom. The molecule has 2 rings (SSSR count). The molecule has 0 amide bonds. The van der Waals surface area contributed by atoms with E-state index in [1.165, 1.54) is 12.1 Å². The summed E-state index contributed by atoms with van der Waals surface area (Å²) in [6.45, 7) is 1.11. The Morgan fingerprint density at radius 3 is 2.35 bits per heavy atom. The summed E-state index contributed by atoms with van der Waals surface area (Å²) < 4.78 is 43.9. The maximum Gasteiger partial charge on any atom is 0.405 e. The predicted molar refractivity (Wildman–Crippen MR) is 66.9 cm³/mol. The summed E-state index contributed by atoms with van der Waals surface area (Å²) in [5.74, 6) is -3.14. The minimum atomic E-state index is -4.63. The maximum atomic E-state index is 13.1. The van der Waals surface area contributed by atoms with Gasteiger partial charge in [0, 0.05) is 11.8 Å². The second-order valence-electron chi connectivity index (χ2n) is 4.40. The van der Waals surface area contributed by atoms with Gasteiger partial charge in [-0.1, -0.05) is 18.2 Å². The van der Waals surface area contributed by atoms with Gasteiger partial charge in [0.05, 0.1) is 5.57 Å². The average Bonchev–Trinajstić information content (AvgIpc) is 2.59. The number of cyclic esters (lactones) is 1. The molecule has 1 N–H and O–H groups in total. The molecule has 0 aliphatic carbocycles. The van der Waals surface area contributed by atoms with Gasteiger partial charge in [0.25, 0.3) is 0 Å². The van der Waals surface area contributed by atoms with Crippen LogP contribution in [0.25, 0.3) is 0 Å². The van der Waals surface area contributed by atoms with Crippen LogP contribution in [0.3, 0.4) is 0 Å². The van der Waals surface area contributed by atoms with Crippen molar-refractivity contribution < 1.29 is 27.8 Å². The van der Waals surface area contributed by atoms with E-state index in [4.69, 9.17) is 0 Å². The zero-order chi connectivity index (χ0) is 15.0. The Labute approximate surface area is 117 Å². The lowest BCUT2D eigenvalue weighted by molar-refractivity contribution is -0.174. The van der Waals surface area contributed by atoms with Gasteiger partial charge in [-0.3, -0.25) is 0 Å². The fourth-order valence-corrected chi connectivity index (χ4v) is 2.76. The number of aliphatic hydroxyl groups is 1. The van der Waals surface area contributed by atoms with Crippen molar-refractivity contribution in [1.82, 2.24) is 0 Å². The number of carbonyl (C=O) groups is 1. The van der Waals surface area contributed by atoms with Crippen LogP contribution in [0.4, 0.5) is 13.2 Å². The van der Waals surface area contributed by atoms with Gasteiger partial charge in [0.15, 0.2) is 0 Å². The highest BCUT2D eigenvalue weighted by Gasteiger charge is 2.49. The first-order chi connectivity index (χ1) is 9.19. The zero-order valence-electron chi connectivity index (χ0n) is 10.3. The zero-order valence-corrected chi connectivity index (χ0v) is 11.2. The third-order valence-corrected chi connectivity index (χ3v) is 3.84. The summed E-state index contributed by atoms with van der Waals surface area (Å²) in [7, 11) is 0. The molecule has 0 fully saturated rings. The number of alkyl halides is 3. The smallest absolute Gasteiger partial charge is 0.405 e. The quantitative estimate of drug-likeness (QED) is 0.689. The number of rotatable bonds is 3. The van der Waals surface area contributed by atoms with Crippen LogP contribution in [0.1, 0.15) is 6.92 Å². The highest BCUT2D eigenvalue weighted by molar-refractivity contribution is 8.00. The normalized spacial score (nSPS) is 24.2. The number of hydrogen-bond acceptors (Lipinski definition) is 4. The van der Waals surface area contributed by atoms with E-state index in [2.05, 4.69) is 4.74 Å². The van der Waals surface area contributed by atoms with E-state index in [1.54, 1.807) is 18.2 Å². The standard InChI is InChI=1S/C13H11F3O3S/c1-12(18)7-9(11(17)19-12)10(13(14,15)16)20-8-5-3-2-4-6-8/h2-7,10,18H,1H3. The molecule has 108 valence electrons. The number of esters is 1. The molecule has 2 atom stereocenters. The Kier molecular flexibility index (Phi) is 3.84. The average molecular weight is 304 g/mol. The highest BCUT2D eigenvalue weighted by atomic mass is 32.2. The Hall–Kier alpha value is -1.47. The highest BCUT2D eigenvalue weighted by Crippen LogP contribution is 2.42. The summed E-state index contributed by atoms with van der Waals surface area (Å²) in [6, 6.07) is 7.92. The van der Waals surface area contributed by atoms with Crippen molar-refractivity contribution in [2.24, 2.45) is 0 Å². The lowest BCUT2D eigenvalue weighted by Crippen LogP contribution is -2.30. The Balaban J connectivity index is 2.33. The van der Waals surface area contributed by atoms with E-state index in [9.17, 15) is 23.1 Å². The number of carbonyl (C=O) groups excluding carboxylic acids is 1. The van der Waals surface area contributed by atoms with Crippen LogP contribution in [0.2, 0.25) is 0 Å². The molecule has 1 aliphatic heterocycles.